The van der Waals surface area contributed by atoms with Crippen molar-refractivity contribution >= 4 is 16.0 Å². The molecule has 0 radical (unpaired) electrons. The van der Waals surface area contributed by atoms with Crippen LogP contribution < -0.4 is 0 Å². The number of alkyl halides is 3. The molecule has 1 aliphatic carbocycles. The zero-order valence-electron chi connectivity index (χ0n) is 10.1. The molecule has 0 unspecified atom stereocenters. The summed E-state index contributed by atoms with van der Waals surface area (Å²) in [4.78, 5) is 11.7. The Morgan fingerprint density at radius 3 is 2.42 bits per heavy atom. The topological polar surface area (TPSA) is 63.7 Å². The highest BCUT2D eigenvalue weighted by Crippen LogP contribution is 2.54. The molecule has 2 bridgehead atoms. The second-order valence-electron chi connectivity index (χ2n) is 4.61. The van der Waals surface area contributed by atoms with Gasteiger partial charge in [0.05, 0.1) is 13.4 Å². The number of carbonyl (C=O) groups excluding carboxylic acids is 1. The van der Waals surface area contributed by atoms with Crippen LogP contribution in [0.25, 0.3) is 0 Å². The summed E-state index contributed by atoms with van der Waals surface area (Å²) in [5, 5.41) is 0. The quantitative estimate of drug-likeness (QED) is 0.555. The Balaban J connectivity index is 2.71. The molecular weight excluding hydrogens is 287 g/mol. The van der Waals surface area contributed by atoms with Crippen molar-refractivity contribution in [2.75, 3.05) is 13.4 Å². The molecule has 1 aliphatic heterocycles. The number of halogens is 3. The first-order valence-electron chi connectivity index (χ1n) is 5.39. The van der Waals surface area contributed by atoms with E-state index in [1.165, 1.54) is 12.2 Å². The minimum absolute atomic E-state index is 0.0678. The molecule has 0 spiro atoms. The van der Waals surface area contributed by atoms with E-state index >= 15 is 0 Å². The summed E-state index contributed by atoms with van der Waals surface area (Å²) in [7, 11) is -3.41. The van der Waals surface area contributed by atoms with Crippen molar-refractivity contribution < 1.29 is 31.1 Å². The number of ether oxygens (including phenoxy) is 1. The van der Waals surface area contributed by atoms with E-state index in [1.807, 2.05) is 0 Å². The second-order valence-corrected chi connectivity index (χ2v) is 6.47. The molecule has 1 saturated heterocycles. The lowest BCUT2D eigenvalue weighted by Crippen LogP contribution is -2.67. The van der Waals surface area contributed by atoms with Crippen LogP contribution in [-0.4, -0.2) is 49.8 Å². The molecule has 1 heterocycles. The lowest BCUT2D eigenvalue weighted by Gasteiger charge is -2.41. The fourth-order valence-electron chi connectivity index (χ4n) is 2.94. The summed E-state index contributed by atoms with van der Waals surface area (Å²) in [5.74, 6) is -2.85. The molecule has 0 amide bonds. The highest BCUT2D eigenvalue weighted by molar-refractivity contribution is 7.88. The maximum absolute atomic E-state index is 13.5. The summed E-state index contributed by atoms with van der Waals surface area (Å²) in [6, 6.07) is -0.958. The minimum atomic E-state index is -5.05. The first-order valence-corrected chi connectivity index (χ1v) is 7.24. The van der Waals surface area contributed by atoms with Crippen molar-refractivity contribution in [2.45, 2.75) is 24.2 Å². The fourth-order valence-corrected chi connectivity index (χ4v) is 4.43. The van der Waals surface area contributed by atoms with Crippen LogP contribution in [0.15, 0.2) is 12.2 Å². The number of methoxy groups -OCH3 is 1. The van der Waals surface area contributed by atoms with Crippen molar-refractivity contribution in [1.82, 2.24) is 4.31 Å². The molecule has 0 saturated carbocycles. The number of rotatable bonds is 2. The summed E-state index contributed by atoms with van der Waals surface area (Å²) in [5.41, 5.74) is -3.14. The zero-order valence-corrected chi connectivity index (χ0v) is 11.0. The molecule has 0 N–H and O–H groups in total. The first-order chi connectivity index (χ1) is 8.56. The zero-order chi connectivity index (χ0) is 14.6. The Morgan fingerprint density at radius 2 is 2.00 bits per heavy atom. The van der Waals surface area contributed by atoms with E-state index in [0.29, 0.717) is 6.26 Å². The van der Waals surface area contributed by atoms with E-state index < -0.39 is 39.7 Å². The molecule has 2 aliphatic rings. The smallest absolute Gasteiger partial charge is 0.419 e. The van der Waals surface area contributed by atoms with Gasteiger partial charge in [-0.25, -0.2) is 13.2 Å². The number of hydrogen-bond acceptors (Lipinski definition) is 4. The van der Waals surface area contributed by atoms with Crippen LogP contribution in [0.4, 0.5) is 13.2 Å². The molecule has 0 aromatic rings. The molecule has 1 fully saturated rings. The van der Waals surface area contributed by atoms with E-state index in [2.05, 4.69) is 4.74 Å². The normalized spacial score (nSPS) is 34.8. The molecular formula is C10H12F3NO4S. The van der Waals surface area contributed by atoms with Gasteiger partial charge in [0.1, 0.15) is 0 Å². The van der Waals surface area contributed by atoms with Crippen LogP contribution >= 0.6 is 0 Å². The largest absolute Gasteiger partial charge is 0.467 e. The Morgan fingerprint density at radius 1 is 1.42 bits per heavy atom. The number of fused-ring (bicyclic) bond motifs is 2. The van der Waals surface area contributed by atoms with E-state index in [9.17, 15) is 26.4 Å². The maximum Gasteiger partial charge on any atom is 0.419 e. The van der Waals surface area contributed by atoms with Gasteiger partial charge in [0.25, 0.3) is 0 Å². The highest BCUT2D eigenvalue weighted by Gasteiger charge is 2.76. The van der Waals surface area contributed by atoms with Gasteiger partial charge in [0.2, 0.25) is 15.6 Å². The van der Waals surface area contributed by atoms with Gasteiger partial charge >= 0.3 is 12.1 Å². The Bertz CT molecular complexity index is 541. The number of carbonyl (C=O) groups is 1. The van der Waals surface area contributed by atoms with Gasteiger partial charge in [0.15, 0.2) is 0 Å². The number of sulfonamides is 1. The van der Waals surface area contributed by atoms with Crippen LogP contribution in [0, 0.1) is 5.92 Å². The third kappa shape index (κ3) is 1.71. The number of nitrogens with zero attached hydrogens (tertiary/aromatic N) is 1. The predicted molar refractivity (Wildman–Crippen MR) is 58.5 cm³/mol. The van der Waals surface area contributed by atoms with Crippen molar-refractivity contribution in [3.63, 3.8) is 0 Å². The van der Waals surface area contributed by atoms with E-state index in [-0.39, 0.29) is 10.7 Å². The Kier molecular flexibility index (Phi) is 2.98. The van der Waals surface area contributed by atoms with Gasteiger partial charge in [-0.2, -0.15) is 17.5 Å². The standard InChI is InChI=1S/C10H12F3NO4S/c1-18-8(15)9(10(11,12)13)6-3-4-7(5-6)14(9)19(2,16)17/h3-4,6-7H,5H2,1-2H3/t6-,7-,9-/m0/s1. The molecule has 3 atom stereocenters. The first kappa shape index (κ1) is 14.3. The van der Waals surface area contributed by atoms with E-state index in [0.717, 1.165) is 7.11 Å². The van der Waals surface area contributed by atoms with Gasteiger partial charge in [0, 0.05) is 12.0 Å². The second kappa shape index (κ2) is 3.95. The molecule has 5 nitrogen and oxygen atoms in total. The highest BCUT2D eigenvalue weighted by atomic mass is 32.2. The molecule has 0 aromatic heterocycles. The predicted octanol–water partition coefficient (Wildman–Crippen LogP) is 0.680. The number of hydrogen-bond donors (Lipinski definition) is 0. The molecule has 2 rings (SSSR count). The van der Waals surface area contributed by atoms with E-state index in [4.69, 9.17) is 0 Å². The SMILES string of the molecule is COC(=O)[C@]1(C(F)(F)F)[C@H]2C=C[C@@H](C2)N1S(C)(=O)=O. The molecule has 9 heteroatoms. The Hall–Kier alpha value is -1.09. The summed E-state index contributed by atoms with van der Waals surface area (Å²) < 4.78 is 68.2. The third-order valence-electron chi connectivity index (χ3n) is 3.53. The summed E-state index contributed by atoms with van der Waals surface area (Å²) >= 11 is 0. The van der Waals surface area contributed by atoms with Crippen molar-refractivity contribution in [3.8, 4) is 0 Å². The molecule has 19 heavy (non-hydrogen) atoms. The lowest BCUT2D eigenvalue weighted by molar-refractivity contribution is -0.230. The van der Waals surface area contributed by atoms with E-state index in [1.54, 1.807) is 0 Å². The number of esters is 1. The lowest BCUT2D eigenvalue weighted by atomic mass is 9.85. The van der Waals surface area contributed by atoms with Crippen LogP contribution in [0.2, 0.25) is 0 Å². The Labute approximate surface area is 108 Å². The monoisotopic (exact) mass is 299 g/mol. The summed E-state index contributed by atoms with van der Waals surface area (Å²) in [6.07, 6.45) is -1.85. The molecule has 108 valence electrons. The van der Waals surface area contributed by atoms with Gasteiger partial charge in [-0.1, -0.05) is 12.2 Å². The van der Waals surface area contributed by atoms with Crippen molar-refractivity contribution in [1.29, 1.82) is 0 Å². The minimum Gasteiger partial charge on any atom is -0.467 e. The maximum atomic E-state index is 13.5. The van der Waals surface area contributed by atoms with Crippen molar-refractivity contribution in [2.24, 2.45) is 5.92 Å². The molecule has 0 aromatic carbocycles. The average Bonchev–Trinajstić information content (AvgIpc) is 2.83. The summed E-state index contributed by atoms with van der Waals surface area (Å²) in [6.45, 7) is 0. The average molecular weight is 299 g/mol. The fraction of sp³-hybridized carbons (Fsp3) is 0.700. The van der Waals surface area contributed by atoms with Crippen LogP contribution in [0.3, 0.4) is 0 Å². The van der Waals surface area contributed by atoms with Gasteiger partial charge in [-0.05, 0) is 6.42 Å². The van der Waals surface area contributed by atoms with Gasteiger partial charge < -0.3 is 4.74 Å². The van der Waals surface area contributed by atoms with Crippen LogP contribution in [0.5, 0.6) is 0 Å². The van der Waals surface area contributed by atoms with Crippen molar-refractivity contribution in [3.05, 3.63) is 12.2 Å². The van der Waals surface area contributed by atoms with Gasteiger partial charge in [-0.3, -0.25) is 0 Å². The third-order valence-corrected chi connectivity index (χ3v) is 4.81. The van der Waals surface area contributed by atoms with Gasteiger partial charge in [-0.15, -0.1) is 0 Å². The van der Waals surface area contributed by atoms with Crippen LogP contribution in [-0.2, 0) is 19.6 Å². The van der Waals surface area contributed by atoms with Crippen LogP contribution in [0.1, 0.15) is 6.42 Å².